The average Bonchev–Trinajstić information content (AvgIpc) is 2.46. The van der Waals surface area contributed by atoms with E-state index < -0.39 is 6.17 Å². The summed E-state index contributed by atoms with van der Waals surface area (Å²) >= 11 is 0. The van der Waals surface area contributed by atoms with Crippen molar-refractivity contribution in [2.45, 2.75) is 32.5 Å². The highest BCUT2D eigenvalue weighted by Crippen LogP contribution is 2.07. The van der Waals surface area contributed by atoms with E-state index in [4.69, 9.17) is 4.74 Å². The van der Waals surface area contributed by atoms with Crippen molar-refractivity contribution in [2.75, 3.05) is 6.61 Å². The van der Waals surface area contributed by atoms with E-state index in [-0.39, 0.29) is 6.61 Å². The van der Waals surface area contributed by atoms with Crippen molar-refractivity contribution < 1.29 is 9.13 Å². The minimum atomic E-state index is -0.952. The molecule has 0 fully saturated rings. The number of benzene rings is 1. The Hall–Kier alpha value is -1.74. The summed E-state index contributed by atoms with van der Waals surface area (Å²) in [4.78, 5) is 4.17. The number of aliphatic imine (C=N–C) groups is 1. The second-order valence-corrected chi connectivity index (χ2v) is 4.58. The number of alkyl halides is 1. The van der Waals surface area contributed by atoms with Gasteiger partial charge in [0.05, 0.1) is 13.2 Å². The predicted molar refractivity (Wildman–Crippen MR) is 82.7 cm³/mol. The smallest absolute Gasteiger partial charge is 0.124 e. The maximum absolute atomic E-state index is 13.6. The number of nitrogens with zero attached hydrogens (tertiary/aromatic N) is 1. The van der Waals surface area contributed by atoms with Crippen molar-refractivity contribution in [3.63, 3.8) is 0 Å². The lowest BCUT2D eigenvalue weighted by Crippen LogP contribution is -2.11. The van der Waals surface area contributed by atoms with Gasteiger partial charge in [-0.15, -0.1) is 0 Å². The highest BCUT2D eigenvalue weighted by Gasteiger charge is 2.07. The molecule has 0 N–H and O–H groups in total. The molecule has 0 saturated heterocycles. The number of rotatable bonds is 9. The fourth-order valence-corrected chi connectivity index (χ4v) is 1.62. The van der Waals surface area contributed by atoms with E-state index in [2.05, 4.69) is 11.6 Å². The van der Waals surface area contributed by atoms with E-state index in [0.29, 0.717) is 19.4 Å². The highest BCUT2D eigenvalue weighted by atomic mass is 19.1. The van der Waals surface area contributed by atoms with Gasteiger partial charge in [0.1, 0.15) is 6.17 Å². The quantitative estimate of drug-likeness (QED) is 0.481. The Morgan fingerprint density at radius 3 is 2.85 bits per heavy atom. The normalized spacial score (nSPS) is 13.6. The molecular weight excluding hydrogens is 253 g/mol. The van der Waals surface area contributed by atoms with Crippen molar-refractivity contribution in [1.82, 2.24) is 0 Å². The molecule has 0 bridgehead atoms. The third-order valence-corrected chi connectivity index (χ3v) is 2.75. The van der Waals surface area contributed by atoms with E-state index in [1.54, 1.807) is 18.4 Å². The molecule has 108 valence electrons. The van der Waals surface area contributed by atoms with Crippen LogP contribution < -0.4 is 0 Å². The molecule has 0 radical (unpaired) electrons. The van der Waals surface area contributed by atoms with Crippen LogP contribution in [0.15, 0.2) is 60.3 Å². The Bertz CT molecular complexity index is 440. The SMILES string of the molecule is C=C/C=C\N=C(/C)CCC(F)COCc1ccccc1. The molecule has 0 amide bonds. The summed E-state index contributed by atoms with van der Waals surface area (Å²) in [6.45, 7) is 6.04. The minimum Gasteiger partial charge on any atom is -0.374 e. The molecule has 2 nitrogen and oxygen atoms in total. The van der Waals surface area contributed by atoms with E-state index in [0.717, 1.165) is 11.3 Å². The first-order valence-corrected chi connectivity index (χ1v) is 6.79. The second-order valence-electron chi connectivity index (χ2n) is 4.58. The maximum Gasteiger partial charge on any atom is 0.124 e. The van der Waals surface area contributed by atoms with Gasteiger partial charge in [-0.05, 0) is 31.4 Å². The number of hydrogen-bond donors (Lipinski definition) is 0. The number of ether oxygens (including phenoxy) is 1. The fraction of sp³-hybridized carbons (Fsp3) is 0.353. The molecule has 0 aromatic heterocycles. The Labute approximate surface area is 120 Å². The lowest BCUT2D eigenvalue weighted by Gasteiger charge is -2.09. The molecule has 1 aromatic rings. The molecule has 0 heterocycles. The summed E-state index contributed by atoms with van der Waals surface area (Å²) in [6, 6.07) is 9.78. The first-order valence-electron chi connectivity index (χ1n) is 6.79. The predicted octanol–water partition coefficient (Wildman–Crippen LogP) is 4.48. The van der Waals surface area contributed by atoms with Gasteiger partial charge >= 0.3 is 0 Å². The van der Waals surface area contributed by atoms with Crippen LogP contribution >= 0.6 is 0 Å². The first kappa shape index (κ1) is 16.3. The Morgan fingerprint density at radius 1 is 1.40 bits per heavy atom. The molecule has 0 spiro atoms. The molecule has 20 heavy (non-hydrogen) atoms. The van der Waals surface area contributed by atoms with Crippen LogP contribution in [-0.4, -0.2) is 18.5 Å². The number of allylic oxidation sites excluding steroid dienone is 2. The third-order valence-electron chi connectivity index (χ3n) is 2.75. The Kier molecular flexibility index (Phi) is 8.24. The lowest BCUT2D eigenvalue weighted by atomic mass is 10.1. The van der Waals surface area contributed by atoms with Crippen molar-refractivity contribution >= 4 is 5.71 Å². The summed E-state index contributed by atoms with van der Waals surface area (Å²) < 4.78 is 19.0. The van der Waals surface area contributed by atoms with Gasteiger partial charge in [-0.25, -0.2) is 4.39 Å². The molecule has 1 aromatic carbocycles. The van der Waals surface area contributed by atoms with Gasteiger partial charge in [0.15, 0.2) is 0 Å². The zero-order valence-electron chi connectivity index (χ0n) is 12.0. The zero-order valence-corrected chi connectivity index (χ0v) is 12.0. The Morgan fingerprint density at radius 2 is 2.15 bits per heavy atom. The van der Waals surface area contributed by atoms with Crippen LogP contribution in [-0.2, 0) is 11.3 Å². The van der Waals surface area contributed by atoms with Crippen LogP contribution in [0.4, 0.5) is 4.39 Å². The largest absolute Gasteiger partial charge is 0.374 e. The summed E-state index contributed by atoms with van der Waals surface area (Å²) in [5.74, 6) is 0. The fourth-order valence-electron chi connectivity index (χ4n) is 1.62. The van der Waals surface area contributed by atoms with Crippen LogP contribution in [0, 0.1) is 0 Å². The summed E-state index contributed by atoms with van der Waals surface area (Å²) in [5, 5.41) is 0. The summed E-state index contributed by atoms with van der Waals surface area (Å²) in [5.41, 5.74) is 1.97. The van der Waals surface area contributed by atoms with Gasteiger partial charge in [-0.1, -0.05) is 43.0 Å². The van der Waals surface area contributed by atoms with Crippen molar-refractivity contribution in [1.29, 1.82) is 0 Å². The first-order chi connectivity index (χ1) is 9.72. The van der Waals surface area contributed by atoms with Gasteiger partial charge in [0.2, 0.25) is 0 Å². The van der Waals surface area contributed by atoms with Crippen molar-refractivity contribution in [2.24, 2.45) is 4.99 Å². The van der Waals surface area contributed by atoms with Crippen LogP contribution in [0.3, 0.4) is 0 Å². The highest BCUT2D eigenvalue weighted by molar-refractivity contribution is 5.82. The lowest BCUT2D eigenvalue weighted by molar-refractivity contribution is 0.0672. The molecule has 0 aliphatic carbocycles. The van der Waals surface area contributed by atoms with Gasteiger partial charge in [-0.2, -0.15) is 0 Å². The molecule has 3 heteroatoms. The molecule has 0 aliphatic rings. The molecule has 0 aliphatic heterocycles. The van der Waals surface area contributed by atoms with Gasteiger partial charge in [0.25, 0.3) is 0 Å². The van der Waals surface area contributed by atoms with E-state index in [1.165, 1.54) is 0 Å². The van der Waals surface area contributed by atoms with Crippen molar-refractivity contribution in [3.05, 3.63) is 60.8 Å². The number of hydrogen-bond acceptors (Lipinski definition) is 2. The van der Waals surface area contributed by atoms with Gasteiger partial charge in [0, 0.05) is 11.9 Å². The second kappa shape index (κ2) is 10.1. The van der Waals surface area contributed by atoms with Gasteiger partial charge in [-0.3, -0.25) is 4.99 Å². The molecule has 1 rings (SSSR count). The summed E-state index contributed by atoms with van der Waals surface area (Å²) in [6.07, 6.45) is 5.20. The molecular formula is C17H22FNO. The zero-order chi connectivity index (χ0) is 14.6. The van der Waals surface area contributed by atoms with E-state index in [1.807, 2.05) is 37.3 Å². The standard InChI is InChI=1S/C17H22FNO/c1-3-4-12-19-15(2)10-11-17(18)14-20-13-16-8-6-5-7-9-16/h3-9,12,17H,1,10-11,13-14H2,2H3/b12-4-,19-15+. The maximum atomic E-state index is 13.6. The average molecular weight is 275 g/mol. The number of halogens is 1. The van der Waals surface area contributed by atoms with E-state index >= 15 is 0 Å². The monoisotopic (exact) mass is 275 g/mol. The molecule has 1 unspecified atom stereocenters. The Balaban J connectivity index is 2.17. The molecule has 1 atom stereocenters. The van der Waals surface area contributed by atoms with Gasteiger partial charge < -0.3 is 4.74 Å². The topological polar surface area (TPSA) is 21.6 Å². The third kappa shape index (κ3) is 7.64. The van der Waals surface area contributed by atoms with Crippen LogP contribution in [0.25, 0.3) is 0 Å². The van der Waals surface area contributed by atoms with Crippen molar-refractivity contribution in [3.8, 4) is 0 Å². The van der Waals surface area contributed by atoms with Crippen LogP contribution in [0.1, 0.15) is 25.3 Å². The van der Waals surface area contributed by atoms with E-state index in [9.17, 15) is 4.39 Å². The van der Waals surface area contributed by atoms with Crippen LogP contribution in [0.2, 0.25) is 0 Å². The minimum absolute atomic E-state index is 0.130. The van der Waals surface area contributed by atoms with Crippen LogP contribution in [0.5, 0.6) is 0 Å². The summed E-state index contributed by atoms with van der Waals surface area (Å²) in [7, 11) is 0. The molecule has 0 saturated carbocycles.